The largest absolute Gasteiger partial charge is 0.483 e. The van der Waals surface area contributed by atoms with E-state index in [0.29, 0.717) is 6.61 Å². The number of nitrogens with one attached hydrogen (secondary N) is 2. The van der Waals surface area contributed by atoms with Crippen molar-refractivity contribution in [1.82, 2.24) is 10.4 Å². The Labute approximate surface area is 109 Å². The van der Waals surface area contributed by atoms with Crippen LogP contribution in [0.4, 0.5) is 5.69 Å². The molecule has 1 unspecified atom stereocenters. The van der Waals surface area contributed by atoms with Crippen molar-refractivity contribution < 1.29 is 9.53 Å². The molecule has 2 aliphatic heterocycles. The average Bonchev–Trinajstić information content (AvgIpc) is 2.87. The van der Waals surface area contributed by atoms with Crippen LogP contribution in [-0.4, -0.2) is 29.4 Å². The van der Waals surface area contributed by atoms with Gasteiger partial charge in [0.2, 0.25) is 0 Å². The third kappa shape index (κ3) is 1.36. The van der Waals surface area contributed by atoms with Crippen LogP contribution in [0.1, 0.15) is 6.92 Å². The van der Waals surface area contributed by atoms with Gasteiger partial charge in [0, 0.05) is 17.1 Å². The van der Waals surface area contributed by atoms with E-state index in [2.05, 4.69) is 15.5 Å². The third-order valence-corrected chi connectivity index (χ3v) is 3.59. The predicted octanol–water partition coefficient (Wildman–Crippen LogP) is 1.20. The van der Waals surface area contributed by atoms with Crippen molar-refractivity contribution in [2.75, 3.05) is 11.5 Å². The number of aromatic nitrogens is 1. The molecular formula is C13H12N4O2. The summed E-state index contributed by atoms with van der Waals surface area (Å²) in [5.74, 6) is 1.40. The Balaban J connectivity index is 1.94. The number of hydrazone groups is 1. The number of carbonyl (C=O) groups is 1. The Hall–Kier alpha value is -2.50. The first-order chi connectivity index (χ1) is 9.24. The van der Waals surface area contributed by atoms with E-state index >= 15 is 0 Å². The summed E-state index contributed by atoms with van der Waals surface area (Å²) in [5, 5.41) is 5.15. The van der Waals surface area contributed by atoms with Gasteiger partial charge < -0.3 is 14.6 Å². The van der Waals surface area contributed by atoms with Gasteiger partial charge in [0.05, 0.1) is 5.69 Å². The maximum absolute atomic E-state index is 11.8. The van der Waals surface area contributed by atoms with Crippen LogP contribution in [-0.2, 0) is 4.79 Å². The van der Waals surface area contributed by atoms with E-state index in [1.807, 2.05) is 36.2 Å². The van der Waals surface area contributed by atoms with E-state index in [0.717, 1.165) is 28.2 Å². The third-order valence-electron chi connectivity index (χ3n) is 3.59. The molecule has 6 nitrogen and oxygen atoms in total. The second kappa shape index (κ2) is 3.50. The number of rotatable bonds is 0. The summed E-state index contributed by atoms with van der Waals surface area (Å²) in [7, 11) is 0. The molecule has 1 amide bonds. The summed E-state index contributed by atoms with van der Waals surface area (Å²) in [4.78, 5) is 16.9. The maximum atomic E-state index is 11.8. The normalized spacial score (nSPS) is 21.3. The molecule has 2 aliphatic rings. The second-order valence-electron chi connectivity index (χ2n) is 4.72. The number of amides is 1. The molecule has 96 valence electrons. The zero-order valence-corrected chi connectivity index (χ0v) is 10.3. The second-order valence-corrected chi connectivity index (χ2v) is 4.72. The molecular weight excluding hydrogens is 244 g/mol. The lowest BCUT2D eigenvalue weighted by Crippen LogP contribution is -2.55. The minimum atomic E-state index is -0.289. The number of hydrogen-bond acceptors (Lipinski definition) is 4. The topological polar surface area (TPSA) is 69.7 Å². The highest BCUT2D eigenvalue weighted by molar-refractivity contribution is 6.10. The maximum Gasteiger partial charge on any atom is 0.262 e. The van der Waals surface area contributed by atoms with Crippen LogP contribution < -0.4 is 15.1 Å². The minimum absolute atomic E-state index is 0.108. The molecule has 2 N–H and O–H groups in total. The monoisotopic (exact) mass is 256 g/mol. The number of anilines is 1. The molecule has 1 aromatic heterocycles. The zero-order valence-electron chi connectivity index (χ0n) is 10.3. The number of fused-ring (bicyclic) bond motifs is 4. The smallest absolute Gasteiger partial charge is 0.262 e. The van der Waals surface area contributed by atoms with Crippen molar-refractivity contribution in [2.45, 2.75) is 13.0 Å². The number of benzene rings is 1. The summed E-state index contributed by atoms with van der Waals surface area (Å²) in [6, 6.07) is 5.68. The molecule has 6 heteroatoms. The molecule has 3 heterocycles. The molecule has 1 atom stereocenters. The van der Waals surface area contributed by atoms with Crippen molar-refractivity contribution in [1.29, 1.82) is 0 Å². The predicted molar refractivity (Wildman–Crippen MR) is 71.3 cm³/mol. The van der Waals surface area contributed by atoms with Crippen LogP contribution >= 0.6 is 0 Å². The van der Waals surface area contributed by atoms with E-state index < -0.39 is 0 Å². The van der Waals surface area contributed by atoms with E-state index in [9.17, 15) is 4.79 Å². The lowest BCUT2D eigenvalue weighted by molar-refractivity contribution is -0.122. The van der Waals surface area contributed by atoms with Crippen molar-refractivity contribution >= 4 is 28.3 Å². The summed E-state index contributed by atoms with van der Waals surface area (Å²) in [5.41, 5.74) is 4.41. The number of hydrogen-bond donors (Lipinski definition) is 2. The van der Waals surface area contributed by atoms with Crippen LogP contribution in [0.5, 0.6) is 5.75 Å². The van der Waals surface area contributed by atoms with E-state index in [1.54, 1.807) is 0 Å². The highest BCUT2D eigenvalue weighted by Gasteiger charge is 2.35. The molecule has 19 heavy (non-hydrogen) atoms. The molecule has 0 spiro atoms. The Kier molecular flexibility index (Phi) is 1.92. The Bertz CT molecular complexity index is 719. The number of aromatic amines is 1. The molecule has 2 aromatic rings. The van der Waals surface area contributed by atoms with Gasteiger partial charge >= 0.3 is 0 Å². The van der Waals surface area contributed by atoms with Crippen LogP contribution in [0.15, 0.2) is 29.5 Å². The highest BCUT2D eigenvalue weighted by atomic mass is 16.5. The Morgan fingerprint density at radius 1 is 1.47 bits per heavy atom. The molecule has 0 saturated heterocycles. The molecule has 0 radical (unpaired) electrons. The molecule has 0 aliphatic carbocycles. The SMILES string of the molecule is CC1C(=O)NN=C2COc3cc4cc[nH]c4cc3N21. The van der Waals surface area contributed by atoms with Crippen molar-refractivity contribution in [3.05, 3.63) is 24.4 Å². The Morgan fingerprint density at radius 2 is 2.37 bits per heavy atom. The van der Waals surface area contributed by atoms with Crippen LogP contribution in [0, 0.1) is 0 Å². The van der Waals surface area contributed by atoms with Gasteiger partial charge in [-0.1, -0.05) is 0 Å². The van der Waals surface area contributed by atoms with Gasteiger partial charge in [-0.15, -0.1) is 0 Å². The van der Waals surface area contributed by atoms with Crippen molar-refractivity contribution in [3.63, 3.8) is 0 Å². The first-order valence-electron chi connectivity index (χ1n) is 6.13. The highest BCUT2D eigenvalue weighted by Crippen LogP contribution is 2.37. The number of carbonyl (C=O) groups excluding carboxylic acids is 1. The van der Waals surface area contributed by atoms with E-state index in [1.165, 1.54) is 0 Å². The summed E-state index contributed by atoms with van der Waals surface area (Å²) < 4.78 is 5.72. The van der Waals surface area contributed by atoms with Gasteiger partial charge in [-0.25, -0.2) is 5.43 Å². The van der Waals surface area contributed by atoms with Crippen molar-refractivity contribution in [3.8, 4) is 5.75 Å². The number of ether oxygens (including phenoxy) is 1. The fourth-order valence-corrected chi connectivity index (χ4v) is 2.57. The number of amidine groups is 1. The first kappa shape index (κ1) is 10.4. The average molecular weight is 256 g/mol. The quantitative estimate of drug-likeness (QED) is 0.744. The van der Waals surface area contributed by atoms with Crippen LogP contribution in [0.25, 0.3) is 10.9 Å². The zero-order chi connectivity index (χ0) is 13.0. The van der Waals surface area contributed by atoms with Gasteiger partial charge in [-0.2, -0.15) is 5.10 Å². The van der Waals surface area contributed by atoms with Crippen molar-refractivity contribution in [2.24, 2.45) is 5.10 Å². The standard InChI is InChI=1S/C13H12N4O2/c1-7-13(18)16-15-12-6-19-11-4-8-2-3-14-9(8)5-10(11)17(7)12/h2-5,7,14H,6H2,1H3,(H,16,18). The van der Waals surface area contributed by atoms with Gasteiger partial charge in [0.25, 0.3) is 5.91 Å². The minimum Gasteiger partial charge on any atom is -0.483 e. The van der Waals surface area contributed by atoms with E-state index in [-0.39, 0.29) is 11.9 Å². The molecule has 0 saturated carbocycles. The van der Waals surface area contributed by atoms with Gasteiger partial charge in [-0.3, -0.25) is 4.79 Å². The van der Waals surface area contributed by atoms with Crippen LogP contribution in [0.3, 0.4) is 0 Å². The lowest BCUT2D eigenvalue weighted by Gasteiger charge is -2.38. The Morgan fingerprint density at radius 3 is 3.26 bits per heavy atom. The summed E-state index contributed by atoms with van der Waals surface area (Å²) in [6.07, 6.45) is 1.89. The fraction of sp³-hybridized carbons (Fsp3) is 0.231. The lowest BCUT2D eigenvalue weighted by atomic mass is 10.1. The molecule has 1 aromatic carbocycles. The number of H-pyrrole nitrogens is 1. The van der Waals surface area contributed by atoms with Gasteiger partial charge in [0.15, 0.2) is 5.84 Å². The molecule has 0 bridgehead atoms. The van der Waals surface area contributed by atoms with Crippen LogP contribution in [0.2, 0.25) is 0 Å². The van der Waals surface area contributed by atoms with Gasteiger partial charge in [-0.05, 0) is 25.1 Å². The number of nitrogens with zero attached hydrogens (tertiary/aromatic N) is 2. The van der Waals surface area contributed by atoms with E-state index in [4.69, 9.17) is 4.74 Å². The van der Waals surface area contributed by atoms with Gasteiger partial charge in [0.1, 0.15) is 18.4 Å². The molecule has 0 fully saturated rings. The first-order valence-corrected chi connectivity index (χ1v) is 6.13. The molecule has 4 rings (SSSR count). The summed E-state index contributed by atoms with van der Waals surface area (Å²) in [6.45, 7) is 2.23. The fourth-order valence-electron chi connectivity index (χ4n) is 2.57. The summed E-state index contributed by atoms with van der Waals surface area (Å²) >= 11 is 0.